The Labute approximate surface area is 59.8 Å². The van der Waals surface area contributed by atoms with E-state index < -0.39 is 5.97 Å². The SMILES string of the molecule is CC(C)=O.N.NCC(=O)O. The Morgan fingerprint density at radius 2 is 1.50 bits per heavy atom. The van der Waals surface area contributed by atoms with Gasteiger partial charge in [-0.05, 0) is 13.8 Å². The first kappa shape index (κ1) is 16.0. The summed E-state index contributed by atoms with van der Waals surface area (Å²) in [6.45, 7) is 2.78. The van der Waals surface area contributed by atoms with Gasteiger partial charge < -0.3 is 21.8 Å². The summed E-state index contributed by atoms with van der Waals surface area (Å²) in [6, 6.07) is 0. The summed E-state index contributed by atoms with van der Waals surface area (Å²) in [5.41, 5.74) is 4.57. The first-order chi connectivity index (χ1) is 4.00. The van der Waals surface area contributed by atoms with Crippen LogP contribution in [0.2, 0.25) is 0 Å². The smallest absolute Gasteiger partial charge is 0.317 e. The Kier molecular flexibility index (Phi) is 17.5. The van der Waals surface area contributed by atoms with E-state index in [1.165, 1.54) is 13.8 Å². The molecule has 0 bridgehead atoms. The molecule has 0 aromatic rings. The van der Waals surface area contributed by atoms with Gasteiger partial charge >= 0.3 is 5.97 Å². The summed E-state index contributed by atoms with van der Waals surface area (Å²) >= 11 is 0. The van der Waals surface area contributed by atoms with Crippen molar-refractivity contribution in [2.75, 3.05) is 6.54 Å². The van der Waals surface area contributed by atoms with Crippen molar-refractivity contribution in [1.82, 2.24) is 6.15 Å². The van der Waals surface area contributed by atoms with Gasteiger partial charge in [-0.1, -0.05) is 0 Å². The second-order valence-corrected chi connectivity index (χ2v) is 1.51. The van der Waals surface area contributed by atoms with Gasteiger partial charge in [0.05, 0.1) is 6.54 Å². The Morgan fingerprint density at radius 3 is 1.50 bits per heavy atom. The standard InChI is InChI=1S/C3H6O.C2H5NO2.H3N/c1-3(2)4;3-1-2(4)5;/h1-2H3;1,3H2,(H,4,5);1H3. The highest BCUT2D eigenvalue weighted by molar-refractivity contribution is 5.72. The average molecular weight is 150 g/mol. The highest BCUT2D eigenvalue weighted by Crippen LogP contribution is 1.50. The molecule has 0 saturated heterocycles. The van der Waals surface area contributed by atoms with E-state index in [4.69, 9.17) is 5.11 Å². The first-order valence-corrected chi connectivity index (χ1v) is 2.39. The average Bonchev–Trinajstić information content (AvgIpc) is 1.65. The fourth-order valence-corrected chi connectivity index (χ4v) is 0. The van der Waals surface area contributed by atoms with Crippen molar-refractivity contribution in [1.29, 1.82) is 0 Å². The van der Waals surface area contributed by atoms with Crippen molar-refractivity contribution in [2.24, 2.45) is 5.73 Å². The molecule has 0 rings (SSSR count). The number of rotatable bonds is 1. The van der Waals surface area contributed by atoms with E-state index in [2.05, 4.69) is 5.73 Å². The molecule has 0 aromatic carbocycles. The molecule has 0 unspecified atom stereocenters. The number of aliphatic carboxylic acids is 1. The van der Waals surface area contributed by atoms with Crippen LogP contribution in [0.15, 0.2) is 0 Å². The van der Waals surface area contributed by atoms with Crippen LogP contribution in [0.4, 0.5) is 0 Å². The molecule has 0 aliphatic carbocycles. The van der Waals surface area contributed by atoms with E-state index in [1.54, 1.807) is 0 Å². The predicted molar refractivity (Wildman–Crippen MR) is 38.1 cm³/mol. The van der Waals surface area contributed by atoms with E-state index in [0.717, 1.165) is 0 Å². The van der Waals surface area contributed by atoms with Gasteiger partial charge in [0.15, 0.2) is 0 Å². The van der Waals surface area contributed by atoms with Gasteiger partial charge in [-0.3, -0.25) is 4.79 Å². The number of ketones is 1. The number of carboxylic acid groups (broad SMARTS) is 1. The molecule has 0 radical (unpaired) electrons. The lowest BCUT2D eigenvalue weighted by molar-refractivity contribution is -0.135. The van der Waals surface area contributed by atoms with Crippen molar-refractivity contribution < 1.29 is 14.7 Å². The lowest BCUT2D eigenvalue weighted by Crippen LogP contribution is -2.10. The van der Waals surface area contributed by atoms with Crippen LogP contribution in [0.3, 0.4) is 0 Å². The third kappa shape index (κ3) is 231. The Morgan fingerprint density at radius 1 is 1.40 bits per heavy atom. The van der Waals surface area contributed by atoms with Gasteiger partial charge in [0.1, 0.15) is 5.78 Å². The Bertz CT molecular complexity index is 99.1. The van der Waals surface area contributed by atoms with Gasteiger partial charge in [0.2, 0.25) is 0 Å². The van der Waals surface area contributed by atoms with E-state index >= 15 is 0 Å². The van der Waals surface area contributed by atoms with Gasteiger partial charge in [-0.25, -0.2) is 0 Å². The van der Waals surface area contributed by atoms with Crippen LogP contribution in [-0.2, 0) is 9.59 Å². The minimum Gasteiger partial charge on any atom is -0.480 e. The summed E-state index contributed by atoms with van der Waals surface area (Å²) < 4.78 is 0. The van der Waals surface area contributed by atoms with Gasteiger partial charge in [0, 0.05) is 0 Å². The number of carbonyl (C=O) groups excluding carboxylic acids is 1. The molecular formula is C5H14N2O3. The van der Waals surface area contributed by atoms with Crippen LogP contribution in [0.1, 0.15) is 13.8 Å². The van der Waals surface area contributed by atoms with E-state index in [-0.39, 0.29) is 18.5 Å². The van der Waals surface area contributed by atoms with Crippen LogP contribution in [0, 0.1) is 0 Å². The maximum atomic E-state index is 9.44. The van der Waals surface area contributed by atoms with Crippen molar-refractivity contribution >= 4 is 11.8 Å². The number of hydrogen-bond donors (Lipinski definition) is 3. The van der Waals surface area contributed by atoms with E-state index in [1.807, 2.05) is 0 Å². The lowest BCUT2D eigenvalue weighted by Gasteiger charge is -1.73. The topological polar surface area (TPSA) is 115 Å². The largest absolute Gasteiger partial charge is 0.480 e. The van der Waals surface area contributed by atoms with Crippen LogP contribution in [0.5, 0.6) is 0 Å². The summed E-state index contributed by atoms with van der Waals surface area (Å²) in [4.78, 5) is 18.7. The summed E-state index contributed by atoms with van der Waals surface area (Å²) in [5.74, 6) is -0.801. The lowest BCUT2D eigenvalue weighted by atomic mass is 10.6. The monoisotopic (exact) mass is 150 g/mol. The molecule has 0 saturated carbocycles. The zero-order valence-corrected chi connectivity index (χ0v) is 6.26. The molecule has 6 N–H and O–H groups in total. The molecular weight excluding hydrogens is 136 g/mol. The molecule has 0 fully saturated rings. The molecule has 5 heteroatoms. The molecule has 0 heterocycles. The highest BCUT2D eigenvalue weighted by atomic mass is 16.4. The molecule has 0 spiro atoms. The zero-order valence-electron chi connectivity index (χ0n) is 6.26. The normalized spacial score (nSPS) is 6.30. The molecule has 0 amide bonds. The van der Waals surface area contributed by atoms with Crippen molar-refractivity contribution in [3.8, 4) is 0 Å². The third-order valence-electron chi connectivity index (χ3n) is 0.175. The van der Waals surface area contributed by atoms with E-state index in [9.17, 15) is 9.59 Å². The Balaban J connectivity index is -0.0000000910. The van der Waals surface area contributed by atoms with Crippen molar-refractivity contribution in [3.05, 3.63) is 0 Å². The maximum absolute atomic E-state index is 9.44. The third-order valence-corrected chi connectivity index (χ3v) is 0.175. The van der Waals surface area contributed by atoms with Crippen LogP contribution >= 0.6 is 0 Å². The van der Waals surface area contributed by atoms with Gasteiger partial charge in [-0.15, -0.1) is 0 Å². The van der Waals surface area contributed by atoms with Gasteiger partial charge in [-0.2, -0.15) is 0 Å². The number of carboxylic acids is 1. The number of hydrogen-bond acceptors (Lipinski definition) is 4. The predicted octanol–water partition coefficient (Wildman–Crippen LogP) is -0.213. The molecule has 0 aliphatic heterocycles. The Hall–Kier alpha value is -0.940. The summed E-state index contributed by atoms with van der Waals surface area (Å²) in [7, 11) is 0. The zero-order chi connectivity index (χ0) is 7.86. The number of Topliss-reactive ketones (excluding diaryl/α,β-unsaturated/α-hetero) is 1. The minimum atomic E-state index is -0.968. The molecule has 0 aromatic heterocycles. The van der Waals surface area contributed by atoms with Crippen LogP contribution in [-0.4, -0.2) is 23.4 Å². The number of carbonyl (C=O) groups is 2. The van der Waals surface area contributed by atoms with Crippen molar-refractivity contribution in [2.45, 2.75) is 13.8 Å². The van der Waals surface area contributed by atoms with Gasteiger partial charge in [0.25, 0.3) is 0 Å². The minimum absolute atomic E-state index is 0. The van der Waals surface area contributed by atoms with Crippen LogP contribution < -0.4 is 11.9 Å². The quantitative estimate of drug-likeness (QED) is 0.478. The van der Waals surface area contributed by atoms with Crippen molar-refractivity contribution in [3.63, 3.8) is 0 Å². The van der Waals surface area contributed by atoms with E-state index in [0.29, 0.717) is 0 Å². The van der Waals surface area contributed by atoms with Crippen LogP contribution in [0.25, 0.3) is 0 Å². The summed E-state index contributed by atoms with van der Waals surface area (Å²) in [5, 5.41) is 7.60. The molecule has 62 valence electrons. The molecule has 10 heavy (non-hydrogen) atoms. The first-order valence-electron chi connectivity index (χ1n) is 2.39. The summed E-state index contributed by atoms with van der Waals surface area (Å²) in [6.07, 6.45) is 0. The molecule has 0 atom stereocenters. The second-order valence-electron chi connectivity index (χ2n) is 1.51. The second kappa shape index (κ2) is 10.9. The fraction of sp³-hybridized carbons (Fsp3) is 0.600. The number of nitrogens with two attached hydrogens (primary N) is 1. The molecule has 0 aliphatic rings. The molecule has 5 nitrogen and oxygen atoms in total. The maximum Gasteiger partial charge on any atom is 0.317 e. The fourth-order valence-electron chi connectivity index (χ4n) is 0. The highest BCUT2D eigenvalue weighted by Gasteiger charge is 1.81.